The van der Waals surface area contributed by atoms with Crippen LogP contribution in [-0.2, 0) is 10.0 Å². The number of ether oxygens (including phenoxy) is 1. The molecule has 2 aromatic carbocycles. The van der Waals surface area contributed by atoms with Crippen molar-refractivity contribution in [3.8, 4) is 5.75 Å². The van der Waals surface area contributed by atoms with E-state index in [9.17, 15) is 17.2 Å². The van der Waals surface area contributed by atoms with Crippen molar-refractivity contribution in [3.05, 3.63) is 64.9 Å². The van der Waals surface area contributed by atoms with Crippen LogP contribution in [0.2, 0.25) is 5.02 Å². The summed E-state index contributed by atoms with van der Waals surface area (Å²) in [7, 11) is -4.37. The number of rotatable bonds is 7. The van der Waals surface area contributed by atoms with Crippen LogP contribution >= 0.6 is 23.1 Å². The molecule has 1 aliphatic heterocycles. The Labute approximate surface area is 193 Å². The van der Waals surface area contributed by atoms with Gasteiger partial charge in [0, 0.05) is 41.2 Å². The van der Waals surface area contributed by atoms with Crippen molar-refractivity contribution in [2.75, 3.05) is 24.4 Å². The number of aromatic nitrogens is 2. The largest absolute Gasteiger partial charge is 0.490 e. The molecule has 2 heterocycles. The number of nitrogens with one attached hydrogen (secondary N) is 2. The standard InChI is InChI=1S/C20H19ClF2N4O3S2/c21-14-3-1-12(2-4-14)15-5-6-24-9-13(15)10-30-18-7-17(23)19(8-16(18)22)32(28,29)27-20-25-11-26-31-20/h1-4,7-8,11,13,15,24H,5-6,9-10H2,(H,25,26,27)/t13-,15?/m0/s1. The average molecular weight is 501 g/mol. The molecule has 0 bridgehead atoms. The second kappa shape index (κ2) is 9.65. The van der Waals surface area contributed by atoms with Gasteiger partial charge >= 0.3 is 0 Å². The van der Waals surface area contributed by atoms with Crippen LogP contribution in [0.3, 0.4) is 0 Å². The minimum Gasteiger partial charge on any atom is -0.490 e. The van der Waals surface area contributed by atoms with Crippen LogP contribution in [0.5, 0.6) is 5.75 Å². The Morgan fingerprint density at radius 3 is 2.72 bits per heavy atom. The fourth-order valence-corrected chi connectivity index (χ4v) is 5.52. The van der Waals surface area contributed by atoms with Crippen LogP contribution in [0.4, 0.5) is 13.9 Å². The molecule has 0 saturated carbocycles. The van der Waals surface area contributed by atoms with Crippen LogP contribution < -0.4 is 14.8 Å². The first-order valence-corrected chi connectivity index (χ1v) is 12.3. The molecule has 1 aromatic heterocycles. The molecule has 12 heteroatoms. The summed E-state index contributed by atoms with van der Waals surface area (Å²) < 4.78 is 65.3. The summed E-state index contributed by atoms with van der Waals surface area (Å²) in [5.41, 5.74) is 1.10. The van der Waals surface area contributed by atoms with Crippen molar-refractivity contribution in [2.45, 2.75) is 17.2 Å². The maximum atomic E-state index is 14.6. The molecule has 1 saturated heterocycles. The van der Waals surface area contributed by atoms with E-state index in [4.69, 9.17) is 16.3 Å². The second-order valence-corrected chi connectivity index (χ2v) is 10.2. The van der Waals surface area contributed by atoms with E-state index in [-0.39, 0.29) is 29.3 Å². The summed E-state index contributed by atoms with van der Waals surface area (Å²) >= 11 is 6.75. The fraction of sp³-hybridized carbons (Fsp3) is 0.300. The van der Waals surface area contributed by atoms with Crippen molar-refractivity contribution in [2.24, 2.45) is 5.92 Å². The van der Waals surface area contributed by atoms with Crippen molar-refractivity contribution in [1.29, 1.82) is 0 Å². The topological polar surface area (TPSA) is 93.2 Å². The Morgan fingerprint density at radius 1 is 1.22 bits per heavy atom. The normalized spacial score (nSPS) is 19.0. The van der Waals surface area contributed by atoms with Gasteiger partial charge in [-0.25, -0.2) is 22.2 Å². The molecule has 1 aliphatic rings. The molecular formula is C20H19ClF2N4O3S2. The Hall–Kier alpha value is -2.34. The number of nitrogens with zero attached hydrogens (tertiary/aromatic N) is 2. The maximum absolute atomic E-state index is 14.6. The number of sulfonamides is 1. The van der Waals surface area contributed by atoms with E-state index in [0.29, 0.717) is 17.6 Å². The maximum Gasteiger partial charge on any atom is 0.266 e. The first-order valence-electron chi connectivity index (χ1n) is 9.71. The number of benzene rings is 2. The summed E-state index contributed by atoms with van der Waals surface area (Å²) in [5.74, 6) is -2.28. The van der Waals surface area contributed by atoms with Gasteiger partial charge in [-0.2, -0.15) is 4.37 Å². The number of halogens is 3. The van der Waals surface area contributed by atoms with E-state index in [1.807, 2.05) is 24.3 Å². The van der Waals surface area contributed by atoms with Crippen molar-refractivity contribution < 1.29 is 21.9 Å². The van der Waals surface area contributed by atoms with Gasteiger partial charge in [-0.05, 0) is 36.6 Å². The molecule has 32 heavy (non-hydrogen) atoms. The SMILES string of the molecule is O=S(=O)(Nc1ncns1)c1cc(F)c(OC[C@@H]2CNCCC2c2ccc(Cl)cc2)cc1F. The summed E-state index contributed by atoms with van der Waals surface area (Å²) in [6, 6.07) is 8.90. The molecule has 170 valence electrons. The Kier molecular flexibility index (Phi) is 6.89. The van der Waals surface area contributed by atoms with E-state index in [1.165, 1.54) is 0 Å². The van der Waals surface area contributed by atoms with Gasteiger partial charge in [0.2, 0.25) is 5.13 Å². The minimum absolute atomic E-state index is 0.00913. The molecule has 7 nitrogen and oxygen atoms in total. The Bertz CT molecular complexity index is 1180. The van der Waals surface area contributed by atoms with Gasteiger partial charge in [-0.15, -0.1) is 0 Å². The third-order valence-corrected chi connectivity index (χ3v) is 7.53. The quantitative estimate of drug-likeness (QED) is 0.508. The lowest BCUT2D eigenvalue weighted by atomic mass is 9.81. The molecule has 3 aromatic rings. The minimum atomic E-state index is -4.37. The molecule has 1 fully saturated rings. The van der Waals surface area contributed by atoms with Gasteiger partial charge in [-0.1, -0.05) is 23.7 Å². The van der Waals surface area contributed by atoms with Crippen LogP contribution in [0, 0.1) is 17.6 Å². The summed E-state index contributed by atoms with van der Waals surface area (Å²) in [6.07, 6.45) is 2.01. The number of piperidine rings is 1. The molecule has 0 amide bonds. The first-order chi connectivity index (χ1) is 15.3. The van der Waals surface area contributed by atoms with Gasteiger partial charge in [0.15, 0.2) is 11.6 Å². The summed E-state index contributed by atoms with van der Waals surface area (Å²) in [6.45, 7) is 1.61. The number of anilines is 1. The summed E-state index contributed by atoms with van der Waals surface area (Å²) in [4.78, 5) is 2.84. The summed E-state index contributed by atoms with van der Waals surface area (Å²) in [5, 5.41) is 3.88. The Morgan fingerprint density at radius 2 is 2.00 bits per heavy atom. The van der Waals surface area contributed by atoms with Crippen molar-refractivity contribution >= 4 is 38.3 Å². The van der Waals surface area contributed by atoms with E-state index in [1.54, 1.807) is 0 Å². The molecule has 2 N–H and O–H groups in total. The predicted octanol–water partition coefficient (Wildman–Crippen LogP) is 4.04. The first kappa shape index (κ1) is 22.8. The third-order valence-electron chi connectivity index (χ3n) is 5.22. The van der Waals surface area contributed by atoms with Crippen LogP contribution in [0.1, 0.15) is 17.9 Å². The fourth-order valence-electron chi connectivity index (χ4n) is 3.66. The molecule has 1 unspecified atom stereocenters. The highest BCUT2D eigenvalue weighted by Gasteiger charge is 2.28. The van der Waals surface area contributed by atoms with Gasteiger partial charge in [0.25, 0.3) is 10.0 Å². The van der Waals surface area contributed by atoms with Gasteiger partial charge in [0.05, 0.1) is 6.61 Å². The lowest BCUT2D eigenvalue weighted by Gasteiger charge is -2.32. The number of hydrogen-bond acceptors (Lipinski definition) is 7. The van der Waals surface area contributed by atoms with E-state index in [0.717, 1.165) is 42.5 Å². The van der Waals surface area contributed by atoms with Crippen molar-refractivity contribution in [1.82, 2.24) is 14.7 Å². The highest BCUT2D eigenvalue weighted by Crippen LogP contribution is 2.33. The zero-order valence-electron chi connectivity index (χ0n) is 16.6. The van der Waals surface area contributed by atoms with Crippen molar-refractivity contribution in [3.63, 3.8) is 0 Å². The molecular weight excluding hydrogens is 482 g/mol. The third kappa shape index (κ3) is 5.17. The number of hydrogen-bond donors (Lipinski definition) is 2. The Balaban J connectivity index is 1.49. The van der Waals surface area contributed by atoms with Crippen LogP contribution in [-0.4, -0.2) is 37.5 Å². The molecule has 0 spiro atoms. The van der Waals surface area contributed by atoms with Crippen LogP contribution in [0.15, 0.2) is 47.6 Å². The van der Waals surface area contributed by atoms with Gasteiger partial charge in [0.1, 0.15) is 17.0 Å². The zero-order chi connectivity index (χ0) is 22.7. The smallest absolute Gasteiger partial charge is 0.266 e. The molecule has 0 radical (unpaired) electrons. The highest BCUT2D eigenvalue weighted by molar-refractivity contribution is 7.93. The monoisotopic (exact) mass is 500 g/mol. The van der Waals surface area contributed by atoms with Gasteiger partial charge in [-0.3, -0.25) is 4.72 Å². The van der Waals surface area contributed by atoms with E-state index in [2.05, 4.69) is 19.4 Å². The molecule has 0 aliphatic carbocycles. The van der Waals surface area contributed by atoms with Gasteiger partial charge < -0.3 is 10.1 Å². The van der Waals surface area contributed by atoms with E-state index >= 15 is 0 Å². The lowest BCUT2D eigenvalue weighted by Crippen LogP contribution is -2.38. The molecule has 4 rings (SSSR count). The predicted molar refractivity (Wildman–Crippen MR) is 118 cm³/mol. The lowest BCUT2D eigenvalue weighted by molar-refractivity contribution is 0.190. The highest BCUT2D eigenvalue weighted by atomic mass is 35.5. The molecule has 2 atom stereocenters. The second-order valence-electron chi connectivity index (χ2n) is 7.29. The average Bonchev–Trinajstić information content (AvgIpc) is 3.27. The van der Waals surface area contributed by atoms with E-state index < -0.39 is 26.6 Å². The zero-order valence-corrected chi connectivity index (χ0v) is 19.0. The van der Waals surface area contributed by atoms with Crippen LogP contribution in [0.25, 0.3) is 0 Å².